The highest BCUT2D eigenvalue weighted by Gasteiger charge is 2.46. The number of nitrogens with zero attached hydrogens (tertiary/aromatic N) is 5. The number of hydrogen-bond acceptors (Lipinski definition) is 9. The van der Waals surface area contributed by atoms with E-state index in [0.29, 0.717) is 0 Å². The first-order valence-corrected chi connectivity index (χ1v) is 16.4. The zero-order chi connectivity index (χ0) is 37.9. The van der Waals surface area contributed by atoms with Crippen molar-refractivity contribution in [1.82, 2.24) is 19.9 Å². The second-order valence-corrected chi connectivity index (χ2v) is 13.0. The maximum atomic E-state index is 17.3. The lowest BCUT2D eigenvalue weighted by atomic mass is 9.89. The molecule has 1 unspecified atom stereocenters. The molecule has 0 aliphatic carbocycles. The third-order valence-corrected chi connectivity index (χ3v) is 9.97. The fraction of sp³-hybridized carbons (Fsp3) is 0.324. The molecule has 0 radical (unpaired) electrons. The number of terminal acetylenes is 1. The van der Waals surface area contributed by atoms with E-state index in [1.165, 1.54) is 36.3 Å². The van der Waals surface area contributed by atoms with Crippen molar-refractivity contribution in [2.45, 2.75) is 43.4 Å². The molecule has 0 saturated carbocycles. The fourth-order valence-corrected chi connectivity index (χ4v) is 7.38. The zero-order valence-corrected chi connectivity index (χ0v) is 28.2. The quantitative estimate of drug-likeness (QED) is 0.133. The summed E-state index contributed by atoms with van der Waals surface area (Å²) >= 11 is 0. The van der Waals surface area contributed by atoms with Crippen LogP contribution in [0.25, 0.3) is 32.8 Å². The number of benzene rings is 3. The van der Waals surface area contributed by atoms with E-state index in [4.69, 9.17) is 21.6 Å². The van der Waals surface area contributed by atoms with Crippen LogP contribution < -0.4 is 20.1 Å². The van der Waals surface area contributed by atoms with E-state index >= 15 is 30.7 Å². The summed E-state index contributed by atoms with van der Waals surface area (Å²) in [6.45, 7) is 0.0141. The topological polar surface area (TPSA) is 110 Å². The van der Waals surface area contributed by atoms with Gasteiger partial charge in [0.15, 0.2) is 5.82 Å². The van der Waals surface area contributed by atoms with E-state index < -0.39 is 93.5 Å². The van der Waals surface area contributed by atoms with Crippen molar-refractivity contribution in [3.8, 4) is 41.0 Å². The first-order valence-electron chi connectivity index (χ1n) is 16.4. The zero-order valence-electron chi connectivity index (χ0n) is 28.2. The molecule has 1 fully saturated rings. The molecule has 0 amide bonds. The molecule has 4 heterocycles. The second-order valence-electron chi connectivity index (χ2n) is 13.0. The van der Waals surface area contributed by atoms with Gasteiger partial charge in [0.25, 0.3) is 0 Å². The van der Waals surface area contributed by atoms with Crippen LogP contribution in [0.2, 0.25) is 0 Å². The number of anilines is 2. The Bertz CT molecular complexity index is 2300. The predicted octanol–water partition coefficient (Wildman–Crippen LogP) is 7.13. The number of phenols is 1. The first kappa shape index (κ1) is 35.8. The number of pyridine rings is 1. The van der Waals surface area contributed by atoms with Crippen LogP contribution in [0.4, 0.5) is 42.4 Å². The Labute approximate surface area is 298 Å². The maximum Gasteiger partial charge on any atom is 0.420 e. The molecule has 2 aromatic heterocycles. The fourth-order valence-electron chi connectivity index (χ4n) is 7.38. The maximum absolute atomic E-state index is 17.3. The number of hydrogen-bond donors (Lipinski definition) is 2. The number of halogens is 7. The van der Waals surface area contributed by atoms with E-state index in [1.807, 2.05) is 11.9 Å². The smallest absolute Gasteiger partial charge is 0.420 e. The van der Waals surface area contributed by atoms with Crippen molar-refractivity contribution in [2.75, 3.05) is 44.5 Å². The lowest BCUT2D eigenvalue weighted by Crippen LogP contribution is -2.44. The van der Waals surface area contributed by atoms with Crippen LogP contribution in [0.15, 0.2) is 42.6 Å². The average Bonchev–Trinajstić information content (AvgIpc) is 3.47. The number of aromatic nitrogens is 3. The molecule has 2 aliphatic rings. The van der Waals surface area contributed by atoms with Crippen LogP contribution in [-0.4, -0.2) is 77.3 Å². The normalized spacial score (nSPS) is 18.3. The first-order chi connectivity index (χ1) is 25.2. The molecule has 3 aromatic carbocycles. The molecule has 3 N–H and O–H groups in total. The van der Waals surface area contributed by atoms with Gasteiger partial charge in [-0.05, 0) is 61.6 Å². The Hall–Kier alpha value is -5.56. The molecule has 5 aromatic rings. The summed E-state index contributed by atoms with van der Waals surface area (Å²) in [5, 5.41) is 9.79. The van der Waals surface area contributed by atoms with Crippen LogP contribution in [0.1, 0.15) is 35.4 Å². The minimum absolute atomic E-state index is 0.00969. The number of fused-ring (bicyclic) bond motifs is 1. The molecule has 3 atom stereocenters. The highest BCUT2D eigenvalue weighted by Crippen LogP contribution is 2.53. The van der Waals surface area contributed by atoms with Gasteiger partial charge in [-0.2, -0.15) is 23.1 Å². The molecular formula is C37H31F7N6O3. The SMILES string of the molecule is C#Cc1c(F)ccc2cc(O)cc(-c3c(C(F)(F)F)c4c5c(nc(OC[C@@H]6CCCN6C)nc5c3F)N(C)C([C@@H](c3cccnc3N)C(F)F)CO4)c12. The van der Waals surface area contributed by atoms with E-state index in [2.05, 4.69) is 20.9 Å². The summed E-state index contributed by atoms with van der Waals surface area (Å²) in [6, 6.07) is 4.84. The van der Waals surface area contributed by atoms with Gasteiger partial charge in [-0.1, -0.05) is 18.1 Å². The van der Waals surface area contributed by atoms with Crippen molar-refractivity contribution in [2.24, 2.45) is 0 Å². The Morgan fingerprint density at radius 2 is 1.91 bits per heavy atom. The van der Waals surface area contributed by atoms with Gasteiger partial charge >= 0.3 is 12.2 Å². The van der Waals surface area contributed by atoms with Crippen LogP contribution in [-0.2, 0) is 6.18 Å². The van der Waals surface area contributed by atoms with Crippen LogP contribution in [0, 0.1) is 24.0 Å². The van der Waals surface area contributed by atoms with Gasteiger partial charge in [0.2, 0.25) is 6.43 Å². The standard InChI is InChI=1S/C37H31F7N6O3/c1-4-20-23(38)10-9-17-13-19(51)14-22(25(17)20)27-29(37(42,43)44)32-28-31(30(27)39)47-36(53-15-18-7-6-12-49(18)2)48-35(28)50(3)24(16-52-32)26(33(40)41)21-8-5-11-46-34(21)45/h1,5,8-11,13-14,18,24,26,33,51H,6-7,12,15-16H2,2-3H3,(H2,45,46)/t18-,24?,26+/m0/s1. The van der Waals surface area contributed by atoms with Crippen molar-refractivity contribution < 1.29 is 45.3 Å². The van der Waals surface area contributed by atoms with Crippen molar-refractivity contribution >= 4 is 33.3 Å². The summed E-state index contributed by atoms with van der Waals surface area (Å²) in [5.74, 6) is -4.37. The van der Waals surface area contributed by atoms with Crippen molar-refractivity contribution in [1.29, 1.82) is 0 Å². The number of rotatable bonds is 7. The Kier molecular flexibility index (Phi) is 9.09. The van der Waals surface area contributed by atoms with E-state index in [0.717, 1.165) is 37.6 Å². The lowest BCUT2D eigenvalue weighted by Gasteiger charge is -2.34. The van der Waals surface area contributed by atoms with Gasteiger partial charge in [-0.3, -0.25) is 0 Å². The number of likely N-dealkylation sites (tertiary alicyclic amines) is 1. The number of likely N-dealkylation sites (N-methyl/N-ethyl adjacent to an activating group) is 2. The van der Waals surface area contributed by atoms with Crippen LogP contribution >= 0.6 is 0 Å². The summed E-state index contributed by atoms with van der Waals surface area (Å²) in [4.78, 5) is 15.7. The van der Waals surface area contributed by atoms with Crippen molar-refractivity contribution in [3.05, 3.63) is 70.9 Å². The molecule has 276 valence electrons. The highest BCUT2D eigenvalue weighted by atomic mass is 19.4. The number of nitrogen functional groups attached to an aromatic ring is 1. The largest absolute Gasteiger partial charge is 0.508 e. The van der Waals surface area contributed by atoms with E-state index in [-0.39, 0.29) is 40.6 Å². The highest BCUT2D eigenvalue weighted by molar-refractivity contribution is 6.07. The summed E-state index contributed by atoms with van der Waals surface area (Å²) < 4.78 is 121. The average molecular weight is 741 g/mol. The predicted molar refractivity (Wildman–Crippen MR) is 183 cm³/mol. The number of phenolic OH excluding ortho intramolecular Hbond substituents is 1. The van der Waals surface area contributed by atoms with Gasteiger partial charge in [0.05, 0.1) is 22.9 Å². The molecule has 9 nitrogen and oxygen atoms in total. The molecule has 1 saturated heterocycles. The minimum Gasteiger partial charge on any atom is -0.508 e. The number of nitrogens with two attached hydrogens (primary N) is 1. The van der Waals surface area contributed by atoms with E-state index in [1.54, 1.807) is 0 Å². The summed E-state index contributed by atoms with van der Waals surface area (Å²) in [7, 11) is 3.19. The van der Waals surface area contributed by atoms with Crippen LogP contribution in [0.3, 0.4) is 0 Å². The minimum atomic E-state index is -5.39. The summed E-state index contributed by atoms with van der Waals surface area (Å²) in [6.07, 6.45) is 0.00958. The number of aromatic hydroxyl groups is 1. The van der Waals surface area contributed by atoms with Gasteiger partial charge in [-0.25, -0.2) is 22.5 Å². The molecule has 7 rings (SSSR count). The van der Waals surface area contributed by atoms with E-state index in [9.17, 15) is 5.11 Å². The number of ether oxygens (including phenoxy) is 2. The molecule has 16 heteroatoms. The third-order valence-electron chi connectivity index (χ3n) is 9.97. The van der Waals surface area contributed by atoms with Crippen LogP contribution in [0.5, 0.6) is 17.5 Å². The molecule has 0 spiro atoms. The monoisotopic (exact) mass is 740 g/mol. The molecule has 0 bridgehead atoms. The lowest BCUT2D eigenvalue weighted by molar-refractivity contribution is -0.138. The second kappa shape index (κ2) is 13.4. The number of alkyl halides is 5. The molecule has 53 heavy (non-hydrogen) atoms. The third kappa shape index (κ3) is 6.12. The van der Waals surface area contributed by atoms with Gasteiger partial charge < -0.3 is 30.1 Å². The summed E-state index contributed by atoms with van der Waals surface area (Å²) in [5.41, 5.74) is 1.25. The Morgan fingerprint density at radius 1 is 1.13 bits per heavy atom. The Morgan fingerprint density at radius 3 is 2.57 bits per heavy atom. The Balaban J connectivity index is 1.55. The molecular weight excluding hydrogens is 709 g/mol. The van der Waals surface area contributed by atoms with Gasteiger partial charge in [0, 0.05) is 35.8 Å². The van der Waals surface area contributed by atoms with Crippen molar-refractivity contribution in [3.63, 3.8) is 0 Å². The molecule has 2 aliphatic heterocycles. The van der Waals surface area contributed by atoms with Gasteiger partial charge in [0.1, 0.15) is 53.2 Å². The van der Waals surface area contributed by atoms with Gasteiger partial charge in [-0.15, -0.1) is 6.42 Å².